The Morgan fingerprint density at radius 2 is 2.19 bits per heavy atom. The van der Waals surface area contributed by atoms with Gasteiger partial charge in [-0.3, -0.25) is 15.1 Å². The average Bonchev–Trinajstić information content (AvgIpc) is 2.44. The van der Waals surface area contributed by atoms with Crippen molar-refractivity contribution in [2.75, 3.05) is 0 Å². The minimum Gasteiger partial charge on any atom is -0.488 e. The molecule has 0 bridgehead atoms. The van der Waals surface area contributed by atoms with Crippen LogP contribution in [-0.4, -0.2) is 15.0 Å². The number of rotatable bonds is 5. The van der Waals surface area contributed by atoms with E-state index in [0.29, 0.717) is 11.3 Å². The van der Waals surface area contributed by atoms with Crippen LogP contribution in [0, 0.1) is 10.1 Å². The van der Waals surface area contributed by atoms with Crippen molar-refractivity contribution in [3.05, 3.63) is 62.4 Å². The van der Waals surface area contributed by atoms with Crippen molar-refractivity contribution in [1.29, 1.82) is 0 Å². The Kier molecular flexibility index (Phi) is 4.87. The van der Waals surface area contributed by atoms with Crippen LogP contribution in [0.15, 0.2) is 41.1 Å². The van der Waals surface area contributed by atoms with Gasteiger partial charge in [0.05, 0.1) is 11.0 Å². The molecule has 0 fully saturated rings. The Balaban J connectivity index is 2.21. The van der Waals surface area contributed by atoms with Gasteiger partial charge in [-0.05, 0) is 35.0 Å². The van der Waals surface area contributed by atoms with Crippen LogP contribution in [0.3, 0.4) is 0 Å². The predicted octanol–water partition coefficient (Wildman–Crippen LogP) is 3.38. The van der Waals surface area contributed by atoms with Crippen LogP contribution in [0.4, 0.5) is 5.69 Å². The van der Waals surface area contributed by atoms with Crippen LogP contribution in [0.25, 0.3) is 0 Å². The largest absolute Gasteiger partial charge is 0.488 e. The van der Waals surface area contributed by atoms with Crippen molar-refractivity contribution in [1.82, 2.24) is 4.98 Å². The van der Waals surface area contributed by atoms with Gasteiger partial charge < -0.3 is 9.84 Å². The summed E-state index contributed by atoms with van der Waals surface area (Å²) in [5.74, 6) is 0.413. The van der Waals surface area contributed by atoms with Crippen molar-refractivity contribution >= 4 is 21.6 Å². The zero-order valence-electron chi connectivity index (χ0n) is 11.2. The van der Waals surface area contributed by atoms with E-state index >= 15 is 0 Å². The number of halogens is 1. The third-order valence-electron chi connectivity index (χ3n) is 2.81. The topological polar surface area (TPSA) is 85.5 Å². The molecule has 0 saturated carbocycles. The maximum Gasteiger partial charge on any atom is 0.270 e. The highest BCUT2D eigenvalue weighted by molar-refractivity contribution is 9.10. The molecule has 0 aliphatic heterocycles. The smallest absolute Gasteiger partial charge is 0.270 e. The number of nitrogens with zero attached hydrogens (tertiary/aromatic N) is 2. The number of non-ortho nitro benzene ring substituents is 1. The highest BCUT2D eigenvalue weighted by Gasteiger charge is 2.15. The van der Waals surface area contributed by atoms with Gasteiger partial charge in [-0.25, -0.2) is 0 Å². The summed E-state index contributed by atoms with van der Waals surface area (Å²) in [6, 6.07) is 6.02. The highest BCUT2D eigenvalue weighted by Crippen LogP contribution is 2.30. The first-order valence-corrected chi connectivity index (χ1v) is 6.95. The molecule has 21 heavy (non-hydrogen) atoms. The molecule has 0 amide bonds. The normalized spacial score (nSPS) is 12.0. The van der Waals surface area contributed by atoms with Crippen LogP contribution >= 0.6 is 15.9 Å². The van der Waals surface area contributed by atoms with Crippen LogP contribution in [-0.2, 0) is 6.61 Å². The van der Waals surface area contributed by atoms with E-state index < -0.39 is 11.0 Å². The molecule has 0 aliphatic carbocycles. The number of aliphatic hydroxyl groups excluding tert-OH is 1. The summed E-state index contributed by atoms with van der Waals surface area (Å²) in [6.07, 6.45) is 2.47. The molecule has 1 aromatic heterocycles. The van der Waals surface area contributed by atoms with Gasteiger partial charge >= 0.3 is 0 Å². The fraction of sp³-hybridized carbons (Fsp3) is 0.214. The molecule has 2 aromatic rings. The van der Waals surface area contributed by atoms with E-state index in [4.69, 9.17) is 4.74 Å². The average molecular weight is 353 g/mol. The highest BCUT2D eigenvalue weighted by atomic mass is 79.9. The summed E-state index contributed by atoms with van der Waals surface area (Å²) in [4.78, 5) is 14.3. The molecule has 1 heterocycles. The monoisotopic (exact) mass is 352 g/mol. The first kappa shape index (κ1) is 15.4. The SMILES string of the molecule is C[C@H](O)c1cc([N+](=O)[O-])ccc1OCc1cncc(Br)c1. The Bertz CT molecular complexity index is 661. The van der Waals surface area contributed by atoms with Crippen LogP contribution < -0.4 is 4.74 Å². The van der Waals surface area contributed by atoms with E-state index in [1.54, 1.807) is 12.4 Å². The van der Waals surface area contributed by atoms with Crippen molar-refractivity contribution in [3.63, 3.8) is 0 Å². The molecule has 1 atom stereocenters. The summed E-state index contributed by atoms with van der Waals surface area (Å²) < 4.78 is 6.47. The Hall–Kier alpha value is -1.99. The zero-order chi connectivity index (χ0) is 15.4. The third kappa shape index (κ3) is 3.99. The molecule has 110 valence electrons. The number of nitro benzene ring substituents is 1. The first-order valence-electron chi connectivity index (χ1n) is 6.16. The number of hydrogen-bond donors (Lipinski definition) is 1. The number of benzene rings is 1. The predicted molar refractivity (Wildman–Crippen MR) is 80.0 cm³/mol. The quantitative estimate of drug-likeness (QED) is 0.658. The lowest BCUT2D eigenvalue weighted by Gasteiger charge is -2.13. The lowest BCUT2D eigenvalue weighted by Crippen LogP contribution is -2.02. The molecule has 2 rings (SSSR count). The number of hydrogen-bond acceptors (Lipinski definition) is 5. The molecular weight excluding hydrogens is 340 g/mol. The molecule has 7 heteroatoms. The maximum atomic E-state index is 10.8. The lowest BCUT2D eigenvalue weighted by molar-refractivity contribution is -0.385. The molecule has 0 saturated heterocycles. The Morgan fingerprint density at radius 3 is 2.81 bits per heavy atom. The third-order valence-corrected chi connectivity index (χ3v) is 3.24. The number of nitro groups is 1. The molecule has 0 spiro atoms. The van der Waals surface area contributed by atoms with Gasteiger partial charge in [0.15, 0.2) is 0 Å². The van der Waals surface area contributed by atoms with Gasteiger partial charge in [0, 0.05) is 40.1 Å². The van der Waals surface area contributed by atoms with Crippen molar-refractivity contribution in [2.45, 2.75) is 19.6 Å². The van der Waals surface area contributed by atoms with Gasteiger partial charge in [-0.1, -0.05) is 0 Å². The Labute approximate surface area is 129 Å². The zero-order valence-corrected chi connectivity index (χ0v) is 12.8. The van der Waals surface area contributed by atoms with E-state index in [9.17, 15) is 15.2 Å². The summed E-state index contributed by atoms with van der Waals surface area (Å²) in [7, 11) is 0. The van der Waals surface area contributed by atoms with E-state index in [-0.39, 0.29) is 12.3 Å². The van der Waals surface area contributed by atoms with Crippen LogP contribution in [0.2, 0.25) is 0 Å². The van der Waals surface area contributed by atoms with Gasteiger partial charge in [-0.15, -0.1) is 0 Å². The van der Waals surface area contributed by atoms with Crippen molar-refractivity contribution in [2.24, 2.45) is 0 Å². The molecule has 1 N–H and O–H groups in total. The fourth-order valence-corrected chi connectivity index (χ4v) is 2.22. The second kappa shape index (κ2) is 6.64. The van der Waals surface area contributed by atoms with Crippen molar-refractivity contribution in [3.8, 4) is 5.75 Å². The molecule has 0 radical (unpaired) electrons. The first-order chi connectivity index (χ1) is 9.97. The number of pyridine rings is 1. The molecular formula is C14H13BrN2O4. The minimum atomic E-state index is -0.861. The fourth-order valence-electron chi connectivity index (χ4n) is 1.80. The van der Waals surface area contributed by atoms with Crippen LogP contribution in [0.5, 0.6) is 5.75 Å². The number of ether oxygens (including phenoxy) is 1. The summed E-state index contributed by atoms with van der Waals surface area (Å²) in [5.41, 5.74) is 1.15. The second-order valence-corrected chi connectivity index (χ2v) is 5.37. The van der Waals surface area contributed by atoms with Crippen molar-refractivity contribution < 1.29 is 14.8 Å². The van der Waals surface area contributed by atoms with Crippen LogP contribution in [0.1, 0.15) is 24.2 Å². The molecule has 6 nitrogen and oxygen atoms in total. The maximum absolute atomic E-state index is 10.8. The molecule has 1 aromatic carbocycles. The second-order valence-electron chi connectivity index (χ2n) is 4.46. The standard InChI is InChI=1S/C14H13BrN2O4/c1-9(18)13-5-12(17(19)20)2-3-14(13)21-8-10-4-11(15)7-16-6-10/h2-7,9,18H,8H2,1H3/t9-/m0/s1. The summed E-state index contributed by atoms with van der Waals surface area (Å²) >= 11 is 3.32. The van der Waals surface area contributed by atoms with Gasteiger partial charge in [0.25, 0.3) is 5.69 Å². The van der Waals surface area contributed by atoms with Gasteiger partial charge in [0.1, 0.15) is 12.4 Å². The van der Waals surface area contributed by atoms with Gasteiger partial charge in [-0.2, -0.15) is 0 Å². The summed E-state index contributed by atoms with van der Waals surface area (Å²) in [5, 5.41) is 20.5. The van der Waals surface area contributed by atoms with E-state index in [1.165, 1.54) is 25.1 Å². The van der Waals surface area contributed by atoms with E-state index in [0.717, 1.165) is 10.0 Å². The van der Waals surface area contributed by atoms with E-state index in [1.807, 2.05) is 6.07 Å². The van der Waals surface area contributed by atoms with Gasteiger partial charge in [0.2, 0.25) is 0 Å². The Morgan fingerprint density at radius 1 is 1.43 bits per heavy atom. The molecule has 0 aliphatic rings. The van der Waals surface area contributed by atoms with E-state index in [2.05, 4.69) is 20.9 Å². The summed E-state index contributed by atoms with van der Waals surface area (Å²) in [6.45, 7) is 1.79. The molecule has 0 unspecified atom stereocenters. The number of aromatic nitrogens is 1. The number of aliphatic hydroxyl groups is 1. The minimum absolute atomic E-state index is 0.0811. The lowest BCUT2D eigenvalue weighted by atomic mass is 10.1.